The largest absolute Gasteiger partial charge is 0.309 e. The lowest BCUT2D eigenvalue weighted by atomic mass is 10.1. The highest BCUT2D eigenvalue weighted by Crippen LogP contribution is 2.07. The maximum absolute atomic E-state index is 4.36. The highest BCUT2D eigenvalue weighted by atomic mass is 35.5. The van der Waals surface area contributed by atoms with Gasteiger partial charge < -0.3 is 5.32 Å². The Hall–Kier alpha value is -0.640. The molecule has 1 saturated heterocycles. The van der Waals surface area contributed by atoms with Crippen molar-refractivity contribution in [1.29, 1.82) is 0 Å². The van der Waals surface area contributed by atoms with Crippen LogP contribution in [-0.2, 0) is 6.54 Å². The normalized spacial score (nSPS) is 26.1. The molecule has 0 amide bonds. The van der Waals surface area contributed by atoms with Gasteiger partial charge in [0.15, 0.2) is 0 Å². The second-order valence-electron chi connectivity index (χ2n) is 4.48. The average molecular weight is 242 g/mol. The van der Waals surface area contributed by atoms with Gasteiger partial charge in [-0.1, -0.05) is 6.07 Å². The monoisotopic (exact) mass is 241 g/mol. The van der Waals surface area contributed by atoms with E-state index in [0.717, 1.165) is 19.6 Å². The lowest BCUT2D eigenvalue weighted by Crippen LogP contribution is -2.53. The number of hydrogen-bond donors (Lipinski definition) is 1. The van der Waals surface area contributed by atoms with Crippen LogP contribution in [0.3, 0.4) is 0 Å². The summed E-state index contributed by atoms with van der Waals surface area (Å²) in [6.07, 6.45) is 1.87. The van der Waals surface area contributed by atoms with Gasteiger partial charge in [-0.2, -0.15) is 0 Å². The summed E-state index contributed by atoms with van der Waals surface area (Å²) in [5, 5.41) is 3.53. The summed E-state index contributed by atoms with van der Waals surface area (Å²) in [5.74, 6) is 0. The van der Waals surface area contributed by atoms with Crippen molar-refractivity contribution in [2.75, 3.05) is 13.1 Å². The Kier molecular flexibility index (Phi) is 5.19. The number of nitrogens with zero attached hydrogens (tertiary/aromatic N) is 2. The first-order chi connectivity index (χ1) is 7.24. The summed E-state index contributed by atoms with van der Waals surface area (Å²) < 4.78 is 0. The predicted octanol–water partition coefficient (Wildman–Crippen LogP) is 1.69. The fourth-order valence-corrected chi connectivity index (χ4v) is 2.29. The van der Waals surface area contributed by atoms with Crippen LogP contribution in [-0.4, -0.2) is 35.1 Å². The van der Waals surface area contributed by atoms with Crippen molar-refractivity contribution in [2.45, 2.75) is 32.5 Å². The molecule has 0 saturated carbocycles. The third kappa shape index (κ3) is 3.74. The number of halogens is 1. The van der Waals surface area contributed by atoms with Gasteiger partial charge >= 0.3 is 0 Å². The van der Waals surface area contributed by atoms with E-state index in [9.17, 15) is 0 Å². The van der Waals surface area contributed by atoms with E-state index in [1.54, 1.807) is 0 Å². The van der Waals surface area contributed by atoms with Crippen molar-refractivity contribution in [3.63, 3.8) is 0 Å². The maximum atomic E-state index is 4.36. The minimum atomic E-state index is 0. The zero-order chi connectivity index (χ0) is 10.7. The fourth-order valence-electron chi connectivity index (χ4n) is 2.29. The molecule has 0 bridgehead atoms. The Morgan fingerprint density at radius 3 is 2.56 bits per heavy atom. The summed E-state index contributed by atoms with van der Waals surface area (Å²) in [5.41, 5.74) is 1.17. The van der Waals surface area contributed by atoms with Crippen molar-refractivity contribution in [2.24, 2.45) is 0 Å². The molecule has 0 spiro atoms. The highest BCUT2D eigenvalue weighted by molar-refractivity contribution is 5.85. The van der Waals surface area contributed by atoms with Gasteiger partial charge in [0.2, 0.25) is 0 Å². The molecule has 90 valence electrons. The standard InChI is InChI=1S/C12H19N3.ClH/c1-10-7-15(8-11(2)14-10)9-12-5-3-4-6-13-12;/h3-6,10-11,14H,7-9H2,1-2H3;1H. The number of rotatable bonds is 2. The third-order valence-corrected chi connectivity index (χ3v) is 2.74. The average Bonchev–Trinajstić information content (AvgIpc) is 2.17. The summed E-state index contributed by atoms with van der Waals surface area (Å²) in [4.78, 5) is 6.83. The number of nitrogens with one attached hydrogen (secondary N) is 1. The summed E-state index contributed by atoms with van der Waals surface area (Å²) in [6, 6.07) is 7.27. The van der Waals surface area contributed by atoms with Crippen LogP contribution >= 0.6 is 12.4 Å². The van der Waals surface area contributed by atoms with Crippen LogP contribution in [0.2, 0.25) is 0 Å². The molecule has 1 aromatic heterocycles. The van der Waals surface area contributed by atoms with Crippen molar-refractivity contribution in [3.8, 4) is 0 Å². The van der Waals surface area contributed by atoms with Gasteiger partial charge in [-0.25, -0.2) is 0 Å². The van der Waals surface area contributed by atoms with Crippen LogP contribution in [0.4, 0.5) is 0 Å². The lowest BCUT2D eigenvalue weighted by molar-refractivity contribution is 0.165. The Labute approximate surface area is 104 Å². The molecule has 2 atom stereocenters. The minimum Gasteiger partial charge on any atom is -0.309 e. The Morgan fingerprint density at radius 1 is 1.31 bits per heavy atom. The molecule has 0 aromatic carbocycles. The second kappa shape index (κ2) is 6.18. The van der Waals surface area contributed by atoms with E-state index in [0.29, 0.717) is 12.1 Å². The van der Waals surface area contributed by atoms with E-state index in [1.807, 2.05) is 12.3 Å². The Balaban J connectivity index is 0.00000128. The van der Waals surface area contributed by atoms with Crippen LogP contribution in [0.1, 0.15) is 19.5 Å². The predicted molar refractivity (Wildman–Crippen MR) is 68.8 cm³/mol. The molecule has 0 aliphatic carbocycles. The van der Waals surface area contributed by atoms with Crippen molar-refractivity contribution >= 4 is 12.4 Å². The summed E-state index contributed by atoms with van der Waals surface area (Å²) in [6.45, 7) is 7.67. The first-order valence-corrected chi connectivity index (χ1v) is 5.62. The van der Waals surface area contributed by atoms with Gasteiger partial charge in [0.25, 0.3) is 0 Å². The molecular weight excluding hydrogens is 222 g/mol. The zero-order valence-electron chi connectivity index (χ0n) is 9.89. The molecule has 16 heavy (non-hydrogen) atoms. The number of aromatic nitrogens is 1. The van der Waals surface area contributed by atoms with Gasteiger partial charge in [-0.15, -0.1) is 12.4 Å². The number of pyridine rings is 1. The first kappa shape index (κ1) is 13.4. The lowest BCUT2D eigenvalue weighted by Gasteiger charge is -2.35. The number of hydrogen-bond acceptors (Lipinski definition) is 3. The van der Waals surface area contributed by atoms with Crippen molar-refractivity contribution < 1.29 is 0 Å². The SMILES string of the molecule is CC1CN(Cc2ccccn2)CC(C)N1.Cl. The molecule has 2 unspecified atom stereocenters. The zero-order valence-corrected chi connectivity index (χ0v) is 10.7. The minimum absolute atomic E-state index is 0. The molecule has 3 nitrogen and oxygen atoms in total. The molecule has 4 heteroatoms. The van der Waals surface area contributed by atoms with Crippen molar-refractivity contribution in [3.05, 3.63) is 30.1 Å². The second-order valence-corrected chi connectivity index (χ2v) is 4.48. The smallest absolute Gasteiger partial charge is 0.0543 e. The quantitative estimate of drug-likeness (QED) is 0.854. The van der Waals surface area contributed by atoms with E-state index in [4.69, 9.17) is 0 Å². The Morgan fingerprint density at radius 2 is 2.00 bits per heavy atom. The highest BCUT2D eigenvalue weighted by Gasteiger charge is 2.20. The van der Waals surface area contributed by atoms with Gasteiger partial charge in [0.1, 0.15) is 0 Å². The van der Waals surface area contributed by atoms with Crippen LogP contribution in [0.5, 0.6) is 0 Å². The van der Waals surface area contributed by atoms with E-state index in [-0.39, 0.29) is 12.4 Å². The third-order valence-electron chi connectivity index (χ3n) is 2.74. The van der Waals surface area contributed by atoms with Gasteiger partial charge in [-0.05, 0) is 26.0 Å². The summed E-state index contributed by atoms with van der Waals surface area (Å²) in [7, 11) is 0. The summed E-state index contributed by atoms with van der Waals surface area (Å²) >= 11 is 0. The van der Waals surface area contributed by atoms with Gasteiger partial charge in [-0.3, -0.25) is 9.88 Å². The fraction of sp³-hybridized carbons (Fsp3) is 0.583. The molecule has 1 aliphatic heterocycles. The Bertz CT molecular complexity index is 294. The van der Waals surface area contributed by atoms with Crippen molar-refractivity contribution in [1.82, 2.24) is 15.2 Å². The number of piperazine rings is 1. The molecule has 1 aliphatic rings. The topological polar surface area (TPSA) is 28.2 Å². The maximum Gasteiger partial charge on any atom is 0.0543 e. The van der Waals surface area contributed by atoms with Gasteiger partial charge in [0.05, 0.1) is 5.69 Å². The van der Waals surface area contributed by atoms with Crippen LogP contribution in [0.15, 0.2) is 24.4 Å². The van der Waals surface area contributed by atoms with Crippen LogP contribution in [0, 0.1) is 0 Å². The van der Waals surface area contributed by atoms with E-state index < -0.39 is 0 Å². The van der Waals surface area contributed by atoms with E-state index in [2.05, 4.69) is 41.2 Å². The van der Waals surface area contributed by atoms with Crippen LogP contribution in [0.25, 0.3) is 0 Å². The van der Waals surface area contributed by atoms with E-state index in [1.165, 1.54) is 5.69 Å². The van der Waals surface area contributed by atoms with Crippen LogP contribution < -0.4 is 5.32 Å². The van der Waals surface area contributed by atoms with Gasteiger partial charge in [0, 0.05) is 37.9 Å². The molecule has 1 fully saturated rings. The van der Waals surface area contributed by atoms with E-state index >= 15 is 0 Å². The molecule has 2 rings (SSSR count). The molecule has 2 heterocycles. The molecule has 1 N–H and O–H groups in total. The molecule has 0 radical (unpaired) electrons. The first-order valence-electron chi connectivity index (χ1n) is 5.62. The molecule has 1 aromatic rings. The molecular formula is C12H20ClN3.